The molecule has 1 N–H and O–H groups in total. The zero-order valence-electron chi connectivity index (χ0n) is 15.6. The average Bonchev–Trinajstić information content (AvgIpc) is 3.20. The third kappa shape index (κ3) is 3.84. The van der Waals surface area contributed by atoms with Crippen molar-refractivity contribution < 1.29 is 9.53 Å². The molecule has 0 spiro atoms. The molecule has 0 saturated heterocycles. The molecule has 0 saturated carbocycles. The summed E-state index contributed by atoms with van der Waals surface area (Å²) in [5.74, 6) is 0.412. The predicted molar refractivity (Wildman–Crippen MR) is 106 cm³/mol. The number of rotatable bonds is 6. The summed E-state index contributed by atoms with van der Waals surface area (Å²) in [6, 6.07) is 16.7. The molecule has 1 amide bonds. The Balaban J connectivity index is 1.53. The molecule has 0 fully saturated rings. The minimum absolute atomic E-state index is 0.0965. The van der Waals surface area contributed by atoms with Gasteiger partial charge in [0, 0.05) is 6.54 Å². The number of hydrogen-bond acceptors (Lipinski definition) is 6. The van der Waals surface area contributed by atoms with E-state index in [9.17, 15) is 9.59 Å². The molecule has 0 aliphatic heterocycles. The zero-order chi connectivity index (χ0) is 20.2. The van der Waals surface area contributed by atoms with Gasteiger partial charge in [-0.25, -0.2) is 4.98 Å². The second-order valence-electron chi connectivity index (χ2n) is 6.31. The van der Waals surface area contributed by atoms with Crippen LogP contribution in [0.25, 0.3) is 16.9 Å². The molecule has 2 aromatic heterocycles. The Morgan fingerprint density at radius 2 is 1.86 bits per heavy atom. The first kappa shape index (κ1) is 18.4. The van der Waals surface area contributed by atoms with Gasteiger partial charge in [0.1, 0.15) is 18.6 Å². The van der Waals surface area contributed by atoms with Crippen molar-refractivity contribution in [2.24, 2.45) is 0 Å². The number of aromatic nitrogens is 5. The standard InChI is InChI=1S/C20H18N6O3/c1-29-16-9-7-15(8-10-16)26-19-18(23-24-26)20(28)25(13-22-19)12-17(27)21-11-14-5-3-2-4-6-14/h2-10,13H,11-12H2,1H3,(H,21,27). The molecule has 29 heavy (non-hydrogen) atoms. The van der Waals surface area contributed by atoms with Gasteiger partial charge in [0.2, 0.25) is 5.91 Å². The third-order valence-corrected chi connectivity index (χ3v) is 4.39. The normalized spacial score (nSPS) is 10.8. The molecule has 4 aromatic rings. The van der Waals surface area contributed by atoms with Gasteiger partial charge in [0.05, 0.1) is 12.8 Å². The lowest BCUT2D eigenvalue weighted by atomic mass is 10.2. The van der Waals surface area contributed by atoms with Crippen LogP contribution in [0.15, 0.2) is 65.7 Å². The van der Waals surface area contributed by atoms with Gasteiger partial charge in [-0.3, -0.25) is 14.2 Å². The Morgan fingerprint density at radius 3 is 2.59 bits per heavy atom. The van der Waals surface area contributed by atoms with Crippen molar-refractivity contribution >= 4 is 17.1 Å². The van der Waals surface area contributed by atoms with Crippen LogP contribution in [0.5, 0.6) is 5.75 Å². The van der Waals surface area contributed by atoms with Crippen LogP contribution in [-0.2, 0) is 17.9 Å². The fourth-order valence-corrected chi connectivity index (χ4v) is 2.86. The van der Waals surface area contributed by atoms with Crippen molar-refractivity contribution in [3.8, 4) is 11.4 Å². The molecule has 2 aromatic carbocycles. The lowest BCUT2D eigenvalue weighted by molar-refractivity contribution is -0.121. The summed E-state index contributed by atoms with van der Waals surface area (Å²) in [4.78, 5) is 29.2. The Bertz CT molecular complexity index is 1200. The highest BCUT2D eigenvalue weighted by molar-refractivity contribution is 5.76. The fourth-order valence-electron chi connectivity index (χ4n) is 2.86. The number of fused-ring (bicyclic) bond motifs is 1. The molecule has 0 aliphatic rings. The smallest absolute Gasteiger partial charge is 0.284 e. The van der Waals surface area contributed by atoms with E-state index in [1.807, 2.05) is 30.3 Å². The maximum absolute atomic E-state index is 12.7. The van der Waals surface area contributed by atoms with Gasteiger partial charge < -0.3 is 10.1 Å². The monoisotopic (exact) mass is 390 g/mol. The van der Waals surface area contributed by atoms with E-state index in [0.717, 1.165) is 5.56 Å². The molecule has 4 rings (SSSR count). The van der Waals surface area contributed by atoms with Gasteiger partial charge in [-0.1, -0.05) is 35.5 Å². The first-order valence-corrected chi connectivity index (χ1v) is 8.91. The Labute approximate surface area is 165 Å². The number of ether oxygens (including phenoxy) is 1. The lowest BCUT2D eigenvalue weighted by Crippen LogP contribution is -2.32. The Morgan fingerprint density at radius 1 is 1.10 bits per heavy atom. The quantitative estimate of drug-likeness (QED) is 0.532. The second-order valence-corrected chi connectivity index (χ2v) is 6.31. The SMILES string of the molecule is COc1ccc(-n2nnc3c(=O)n(CC(=O)NCc4ccccc4)cnc32)cc1. The van der Waals surface area contributed by atoms with Crippen LogP contribution in [0, 0.1) is 0 Å². The first-order chi connectivity index (χ1) is 14.2. The van der Waals surface area contributed by atoms with Crippen molar-refractivity contribution in [1.29, 1.82) is 0 Å². The fraction of sp³-hybridized carbons (Fsp3) is 0.150. The average molecular weight is 390 g/mol. The molecular formula is C20H18N6O3. The van der Waals surface area contributed by atoms with Crippen molar-refractivity contribution in [3.63, 3.8) is 0 Å². The summed E-state index contributed by atoms with van der Waals surface area (Å²) in [6.45, 7) is 0.238. The summed E-state index contributed by atoms with van der Waals surface area (Å²) in [7, 11) is 1.58. The molecule has 2 heterocycles. The Kier molecular flexibility index (Phi) is 5.02. The number of carbonyl (C=O) groups excluding carboxylic acids is 1. The minimum Gasteiger partial charge on any atom is -0.497 e. The zero-order valence-corrected chi connectivity index (χ0v) is 15.6. The summed E-state index contributed by atoms with van der Waals surface area (Å²) in [6.07, 6.45) is 1.33. The van der Waals surface area contributed by atoms with E-state index in [-0.39, 0.29) is 18.0 Å². The van der Waals surface area contributed by atoms with Crippen LogP contribution >= 0.6 is 0 Å². The van der Waals surface area contributed by atoms with Gasteiger partial charge >= 0.3 is 0 Å². The summed E-state index contributed by atoms with van der Waals surface area (Å²) in [5, 5.41) is 10.8. The van der Waals surface area contributed by atoms with Crippen LogP contribution in [0.4, 0.5) is 0 Å². The van der Waals surface area contributed by atoms with E-state index in [0.29, 0.717) is 23.6 Å². The van der Waals surface area contributed by atoms with Gasteiger partial charge in [-0.2, -0.15) is 4.68 Å². The number of benzene rings is 2. The first-order valence-electron chi connectivity index (χ1n) is 8.91. The van der Waals surface area contributed by atoms with E-state index in [1.165, 1.54) is 15.6 Å². The lowest BCUT2D eigenvalue weighted by Gasteiger charge is -2.07. The number of carbonyl (C=O) groups is 1. The molecule has 146 valence electrons. The molecule has 0 radical (unpaired) electrons. The van der Waals surface area contributed by atoms with Crippen LogP contribution in [0.1, 0.15) is 5.56 Å². The Hall–Kier alpha value is -4.01. The molecule has 9 nitrogen and oxygen atoms in total. The van der Waals surface area contributed by atoms with E-state index < -0.39 is 5.56 Å². The highest BCUT2D eigenvalue weighted by Crippen LogP contribution is 2.16. The van der Waals surface area contributed by atoms with Gasteiger partial charge in [-0.15, -0.1) is 5.10 Å². The highest BCUT2D eigenvalue weighted by Gasteiger charge is 2.14. The summed E-state index contributed by atoms with van der Waals surface area (Å²) in [5.41, 5.74) is 1.66. The van der Waals surface area contributed by atoms with Crippen molar-refractivity contribution in [3.05, 3.63) is 76.8 Å². The minimum atomic E-state index is -0.426. The van der Waals surface area contributed by atoms with Gasteiger partial charge in [0.15, 0.2) is 11.2 Å². The maximum Gasteiger partial charge on any atom is 0.284 e. The van der Waals surface area contributed by atoms with Crippen LogP contribution < -0.4 is 15.6 Å². The largest absolute Gasteiger partial charge is 0.497 e. The number of nitrogens with zero attached hydrogens (tertiary/aromatic N) is 5. The van der Waals surface area contributed by atoms with Crippen LogP contribution in [0.3, 0.4) is 0 Å². The molecule has 9 heteroatoms. The predicted octanol–water partition coefficient (Wildman–Crippen LogP) is 1.30. The molecule has 0 bridgehead atoms. The van der Waals surface area contributed by atoms with Gasteiger partial charge in [-0.05, 0) is 29.8 Å². The van der Waals surface area contributed by atoms with E-state index >= 15 is 0 Å². The molecule has 0 aliphatic carbocycles. The van der Waals surface area contributed by atoms with Crippen LogP contribution in [0.2, 0.25) is 0 Å². The topological polar surface area (TPSA) is 104 Å². The summed E-state index contributed by atoms with van der Waals surface area (Å²) < 4.78 is 7.83. The second kappa shape index (κ2) is 7.93. The van der Waals surface area contributed by atoms with Crippen molar-refractivity contribution in [2.45, 2.75) is 13.1 Å². The molecule has 0 unspecified atom stereocenters. The maximum atomic E-state index is 12.7. The number of methoxy groups -OCH3 is 1. The molecule has 0 atom stereocenters. The number of hydrogen-bond donors (Lipinski definition) is 1. The molecular weight excluding hydrogens is 372 g/mol. The van der Waals surface area contributed by atoms with E-state index in [2.05, 4.69) is 20.6 Å². The van der Waals surface area contributed by atoms with E-state index in [4.69, 9.17) is 4.74 Å². The third-order valence-electron chi connectivity index (χ3n) is 4.39. The summed E-state index contributed by atoms with van der Waals surface area (Å²) >= 11 is 0. The number of nitrogens with one attached hydrogen (secondary N) is 1. The van der Waals surface area contributed by atoms with Gasteiger partial charge in [0.25, 0.3) is 5.56 Å². The van der Waals surface area contributed by atoms with E-state index in [1.54, 1.807) is 31.4 Å². The van der Waals surface area contributed by atoms with Crippen molar-refractivity contribution in [1.82, 2.24) is 29.9 Å². The van der Waals surface area contributed by atoms with Crippen LogP contribution in [-0.4, -0.2) is 37.6 Å². The van der Waals surface area contributed by atoms with Crippen molar-refractivity contribution in [2.75, 3.05) is 7.11 Å². The number of amides is 1. The highest BCUT2D eigenvalue weighted by atomic mass is 16.5.